The molecule has 0 N–H and O–H groups in total. The summed E-state index contributed by atoms with van der Waals surface area (Å²) in [5.74, 6) is 0. The molecular weight excluding hydrogens is 735 g/mol. The van der Waals surface area contributed by atoms with Gasteiger partial charge in [-0.15, -0.1) is 0 Å². The largest absolute Gasteiger partial charge is 0.248 e. The van der Waals surface area contributed by atoms with Crippen molar-refractivity contribution in [3.63, 3.8) is 0 Å². The second-order valence-corrected chi connectivity index (χ2v) is 16.2. The third kappa shape index (κ3) is 5.51. The number of nitrogens with zero attached hydrogens (tertiary/aromatic N) is 1. The number of hydrogen-bond acceptors (Lipinski definition) is 1. The molecular formula is C60H39N. The highest BCUT2D eigenvalue weighted by Gasteiger charge is 2.46. The minimum absolute atomic E-state index is 0.469. The summed E-state index contributed by atoms with van der Waals surface area (Å²) in [5.41, 5.74) is 16.1. The predicted octanol–water partition coefficient (Wildman–Crippen LogP) is 15.6. The Kier molecular flexibility index (Phi) is 8.15. The van der Waals surface area contributed by atoms with Gasteiger partial charge in [0.25, 0.3) is 0 Å². The van der Waals surface area contributed by atoms with Crippen LogP contribution in [-0.2, 0) is 5.41 Å². The molecule has 11 aromatic rings. The van der Waals surface area contributed by atoms with Crippen molar-refractivity contribution >= 4 is 32.3 Å². The average Bonchev–Trinajstić information content (AvgIpc) is 3.65. The highest BCUT2D eigenvalue weighted by Crippen LogP contribution is 2.57. The molecule has 12 rings (SSSR count). The van der Waals surface area contributed by atoms with Crippen LogP contribution in [-0.4, -0.2) is 4.98 Å². The Balaban J connectivity index is 1.12. The van der Waals surface area contributed by atoms with Crippen LogP contribution in [0, 0.1) is 0 Å². The molecule has 1 heteroatoms. The maximum absolute atomic E-state index is 5.45. The van der Waals surface area contributed by atoms with Gasteiger partial charge in [-0.2, -0.15) is 0 Å². The highest BCUT2D eigenvalue weighted by atomic mass is 14.7. The standard InChI is InChI=1S/C60H39N/c1-5-18-40(19-6-1)44-38-57(41-20-7-2-8-21-41)61-58(39-44)53-30-17-29-52-48-27-14-13-26-47(48)49-34-32-42(36-54(49)59(52)53)43-33-35-51-50-28-15-16-31-55(50)60(56(51)37-43,45-22-9-3-10-23-45)46-24-11-4-12-25-46/h1-39H. The number of aromatic nitrogens is 1. The van der Waals surface area contributed by atoms with E-state index in [4.69, 9.17) is 4.98 Å². The van der Waals surface area contributed by atoms with E-state index in [0.717, 1.165) is 28.1 Å². The van der Waals surface area contributed by atoms with E-state index < -0.39 is 5.41 Å². The van der Waals surface area contributed by atoms with Gasteiger partial charge in [-0.3, -0.25) is 0 Å². The SMILES string of the molecule is c1ccc(-c2cc(-c3ccccc3)nc(-c3cccc4c5ccccc5c5ccc(-c6ccc7c(c6)C(c6ccccc6)(c6ccccc6)c6ccccc6-7)cc5c34)c2)cc1. The van der Waals surface area contributed by atoms with E-state index >= 15 is 0 Å². The zero-order valence-corrected chi connectivity index (χ0v) is 33.5. The van der Waals surface area contributed by atoms with Crippen molar-refractivity contribution in [2.24, 2.45) is 0 Å². The Morgan fingerprint density at radius 2 is 0.770 bits per heavy atom. The Labute approximate surface area is 355 Å². The number of fused-ring (bicyclic) bond motifs is 9. The van der Waals surface area contributed by atoms with Crippen molar-refractivity contribution in [2.45, 2.75) is 5.41 Å². The fourth-order valence-corrected chi connectivity index (χ4v) is 10.2. The summed E-state index contributed by atoms with van der Waals surface area (Å²) in [4.78, 5) is 5.45. The van der Waals surface area contributed by atoms with Gasteiger partial charge in [-0.1, -0.05) is 212 Å². The van der Waals surface area contributed by atoms with E-state index in [1.807, 2.05) is 0 Å². The molecule has 1 aliphatic carbocycles. The van der Waals surface area contributed by atoms with Crippen LogP contribution in [0.15, 0.2) is 237 Å². The number of hydrogen-bond donors (Lipinski definition) is 0. The van der Waals surface area contributed by atoms with Gasteiger partial charge >= 0.3 is 0 Å². The van der Waals surface area contributed by atoms with Crippen LogP contribution in [0.25, 0.3) is 88.2 Å². The van der Waals surface area contributed by atoms with Gasteiger partial charge in [-0.05, 0) is 112 Å². The third-order valence-electron chi connectivity index (χ3n) is 12.9. The molecule has 1 nitrogen and oxygen atoms in total. The monoisotopic (exact) mass is 773 g/mol. The second-order valence-electron chi connectivity index (χ2n) is 16.2. The van der Waals surface area contributed by atoms with Crippen molar-refractivity contribution in [1.29, 1.82) is 0 Å². The Morgan fingerprint density at radius 1 is 0.262 bits per heavy atom. The Bertz CT molecular complexity index is 3350. The molecule has 0 fully saturated rings. The lowest BCUT2D eigenvalue weighted by Gasteiger charge is -2.34. The molecule has 1 aromatic heterocycles. The summed E-state index contributed by atoms with van der Waals surface area (Å²) in [6.07, 6.45) is 0. The lowest BCUT2D eigenvalue weighted by atomic mass is 9.67. The fraction of sp³-hybridized carbons (Fsp3) is 0.0167. The summed E-state index contributed by atoms with van der Waals surface area (Å²) >= 11 is 0. The van der Waals surface area contributed by atoms with Crippen molar-refractivity contribution in [1.82, 2.24) is 4.98 Å². The molecule has 0 atom stereocenters. The van der Waals surface area contributed by atoms with Crippen LogP contribution in [0.3, 0.4) is 0 Å². The summed E-state index contributed by atoms with van der Waals surface area (Å²) < 4.78 is 0. The van der Waals surface area contributed by atoms with E-state index in [0.29, 0.717) is 0 Å². The first-order chi connectivity index (χ1) is 30.3. The molecule has 0 amide bonds. The van der Waals surface area contributed by atoms with Crippen molar-refractivity contribution < 1.29 is 0 Å². The number of pyridine rings is 1. The molecule has 284 valence electrons. The van der Waals surface area contributed by atoms with Gasteiger partial charge in [-0.25, -0.2) is 4.98 Å². The first kappa shape index (κ1) is 35.1. The minimum Gasteiger partial charge on any atom is -0.248 e. The Hall–Kier alpha value is -7.87. The molecule has 0 aliphatic heterocycles. The topological polar surface area (TPSA) is 12.9 Å². The van der Waals surface area contributed by atoms with E-state index in [1.54, 1.807) is 0 Å². The van der Waals surface area contributed by atoms with Gasteiger partial charge in [0.05, 0.1) is 16.8 Å². The molecule has 1 heterocycles. The predicted molar refractivity (Wildman–Crippen MR) is 256 cm³/mol. The van der Waals surface area contributed by atoms with Crippen LogP contribution < -0.4 is 0 Å². The summed E-state index contributed by atoms with van der Waals surface area (Å²) in [6.45, 7) is 0. The van der Waals surface area contributed by atoms with E-state index in [-0.39, 0.29) is 0 Å². The summed E-state index contributed by atoms with van der Waals surface area (Å²) in [7, 11) is 0. The molecule has 0 spiro atoms. The maximum Gasteiger partial charge on any atom is 0.0722 e. The van der Waals surface area contributed by atoms with Gasteiger partial charge < -0.3 is 0 Å². The summed E-state index contributed by atoms with van der Waals surface area (Å²) in [5, 5.41) is 7.39. The van der Waals surface area contributed by atoms with Gasteiger partial charge in [0.15, 0.2) is 0 Å². The average molecular weight is 774 g/mol. The molecule has 1 aliphatic rings. The van der Waals surface area contributed by atoms with Crippen LogP contribution >= 0.6 is 0 Å². The molecule has 0 radical (unpaired) electrons. The zero-order chi connectivity index (χ0) is 40.3. The normalized spacial score (nSPS) is 12.7. The van der Waals surface area contributed by atoms with Crippen molar-refractivity contribution in [3.05, 3.63) is 259 Å². The fourth-order valence-electron chi connectivity index (χ4n) is 10.2. The second kappa shape index (κ2) is 14.2. The molecule has 0 bridgehead atoms. The molecule has 0 unspecified atom stereocenters. The maximum atomic E-state index is 5.45. The lowest BCUT2D eigenvalue weighted by molar-refractivity contribution is 0.769. The lowest BCUT2D eigenvalue weighted by Crippen LogP contribution is -2.28. The molecule has 10 aromatic carbocycles. The van der Waals surface area contributed by atoms with Crippen LogP contribution in [0.4, 0.5) is 0 Å². The van der Waals surface area contributed by atoms with Crippen molar-refractivity contribution in [3.8, 4) is 55.9 Å². The first-order valence-corrected chi connectivity index (χ1v) is 21.1. The van der Waals surface area contributed by atoms with E-state index in [2.05, 4.69) is 237 Å². The Morgan fingerprint density at radius 3 is 1.49 bits per heavy atom. The summed E-state index contributed by atoms with van der Waals surface area (Å²) in [6, 6.07) is 86.7. The van der Waals surface area contributed by atoms with Crippen LogP contribution in [0.1, 0.15) is 22.3 Å². The van der Waals surface area contributed by atoms with Gasteiger partial charge in [0.2, 0.25) is 0 Å². The smallest absolute Gasteiger partial charge is 0.0722 e. The van der Waals surface area contributed by atoms with Crippen molar-refractivity contribution in [2.75, 3.05) is 0 Å². The number of benzene rings is 10. The highest BCUT2D eigenvalue weighted by molar-refractivity contribution is 6.28. The minimum atomic E-state index is -0.469. The van der Waals surface area contributed by atoms with Crippen LogP contribution in [0.2, 0.25) is 0 Å². The van der Waals surface area contributed by atoms with Gasteiger partial charge in [0, 0.05) is 11.1 Å². The zero-order valence-electron chi connectivity index (χ0n) is 33.5. The number of rotatable bonds is 6. The van der Waals surface area contributed by atoms with Gasteiger partial charge in [0.1, 0.15) is 0 Å². The quantitative estimate of drug-likeness (QED) is 0.153. The molecule has 0 saturated carbocycles. The van der Waals surface area contributed by atoms with E-state index in [9.17, 15) is 0 Å². The van der Waals surface area contributed by atoms with E-state index in [1.165, 1.54) is 82.4 Å². The third-order valence-corrected chi connectivity index (χ3v) is 12.9. The molecule has 0 saturated heterocycles. The molecule has 61 heavy (non-hydrogen) atoms. The van der Waals surface area contributed by atoms with Crippen LogP contribution in [0.5, 0.6) is 0 Å². The first-order valence-electron chi connectivity index (χ1n) is 21.1.